The van der Waals surface area contributed by atoms with E-state index in [9.17, 15) is 14.4 Å². The number of ether oxygens (including phenoxy) is 2. The van der Waals surface area contributed by atoms with Gasteiger partial charge in [0.15, 0.2) is 0 Å². The molecular formula is C27H31IN2O5. The van der Waals surface area contributed by atoms with Crippen LogP contribution in [-0.4, -0.2) is 48.3 Å². The van der Waals surface area contributed by atoms with E-state index in [-0.39, 0.29) is 0 Å². The number of fused-ring (bicyclic) bond motifs is 1. The quantitative estimate of drug-likeness (QED) is 0.179. The summed E-state index contributed by atoms with van der Waals surface area (Å²) in [6.07, 6.45) is 2.78. The third-order valence-electron chi connectivity index (χ3n) is 5.43. The summed E-state index contributed by atoms with van der Waals surface area (Å²) in [5.74, 6) is -0.675. The summed E-state index contributed by atoms with van der Waals surface area (Å²) in [5, 5.41) is 0. The van der Waals surface area contributed by atoms with Crippen molar-refractivity contribution in [3.8, 4) is 0 Å². The molecule has 2 amide bonds. The summed E-state index contributed by atoms with van der Waals surface area (Å²) < 4.78 is 11.8. The van der Waals surface area contributed by atoms with Gasteiger partial charge in [-0.15, -0.1) is 6.58 Å². The molecule has 1 heterocycles. The van der Waals surface area contributed by atoms with E-state index in [0.29, 0.717) is 31.6 Å². The third kappa shape index (κ3) is 7.30. The van der Waals surface area contributed by atoms with E-state index in [1.807, 2.05) is 26.8 Å². The van der Waals surface area contributed by atoms with Gasteiger partial charge in [0.25, 0.3) is 0 Å². The highest BCUT2D eigenvalue weighted by Crippen LogP contribution is 2.32. The molecular weight excluding hydrogens is 559 g/mol. The fourth-order valence-corrected chi connectivity index (χ4v) is 4.59. The molecule has 0 radical (unpaired) electrons. The Morgan fingerprint density at radius 3 is 2.54 bits per heavy atom. The molecule has 8 heteroatoms. The predicted molar refractivity (Wildman–Crippen MR) is 144 cm³/mol. The molecule has 35 heavy (non-hydrogen) atoms. The number of anilines is 1. The minimum absolute atomic E-state index is 0.325. The van der Waals surface area contributed by atoms with Gasteiger partial charge in [-0.3, -0.25) is 4.90 Å². The van der Waals surface area contributed by atoms with Crippen LogP contribution in [0, 0.1) is 3.57 Å². The number of hydrogen-bond acceptors (Lipinski definition) is 5. The van der Waals surface area contributed by atoms with Crippen molar-refractivity contribution in [1.29, 1.82) is 0 Å². The van der Waals surface area contributed by atoms with Crippen molar-refractivity contribution in [1.82, 2.24) is 4.90 Å². The maximum Gasteiger partial charge on any atom is 0.422 e. The zero-order valence-corrected chi connectivity index (χ0v) is 22.5. The van der Waals surface area contributed by atoms with E-state index in [2.05, 4.69) is 35.2 Å². The van der Waals surface area contributed by atoms with Crippen LogP contribution < -0.4 is 4.90 Å². The number of aryl methyl sites for hydroxylation is 1. The van der Waals surface area contributed by atoms with E-state index >= 15 is 0 Å². The average molecular weight is 590 g/mol. The van der Waals surface area contributed by atoms with Crippen LogP contribution >= 0.6 is 22.6 Å². The Balaban J connectivity index is 1.76. The standard InChI is InChI=1S/C27H31IN2O5/c1-5-14-29(25(32)35-27(2,3)4)16-13-20-18-23-21(17-22(20)28)12-9-15-30(23)26(33)34-24(31)19-10-7-6-8-11-19/h5-8,10-11,17-18H,1,9,12-16H2,2-4H3. The maximum absolute atomic E-state index is 12.9. The van der Waals surface area contributed by atoms with Crippen molar-refractivity contribution >= 4 is 46.4 Å². The second kappa shape index (κ2) is 11.7. The first kappa shape index (κ1) is 26.7. The molecule has 7 nitrogen and oxygen atoms in total. The van der Waals surface area contributed by atoms with Crippen LogP contribution in [0.2, 0.25) is 0 Å². The molecule has 1 aliphatic heterocycles. The number of carbonyl (C=O) groups excluding carboxylic acids is 3. The molecule has 0 aromatic heterocycles. The van der Waals surface area contributed by atoms with Gasteiger partial charge >= 0.3 is 18.2 Å². The van der Waals surface area contributed by atoms with Crippen LogP contribution in [0.4, 0.5) is 15.3 Å². The molecule has 0 spiro atoms. The number of carbonyl (C=O) groups is 3. The Labute approximate surface area is 220 Å². The van der Waals surface area contributed by atoms with Gasteiger partial charge in [0.2, 0.25) is 0 Å². The molecule has 3 rings (SSSR count). The molecule has 186 valence electrons. The highest BCUT2D eigenvalue weighted by atomic mass is 127. The first-order chi connectivity index (χ1) is 16.6. The molecule has 0 atom stereocenters. The van der Waals surface area contributed by atoms with Gasteiger partial charge in [0.1, 0.15) is 5.60 Å². The van der Waals surface area contributed by atoms with E-state index in [1.54, 1.807) is 41.3 Å². The summed E-state index contributed by atoms with van der Waals surface area (Å²) in [6.45, 7) is 10.5. The van der Waals surface area contributed by atoms with Crippen LogP contribution in [0.25, 0.3) is 0 Å². The number of esters is 1. The lowest BCUT2D eigenvalue weighted by molar-refractivity contribution is 0.0273. The van der Waals surface area contributed by atoms with E-state index in [4.69, 9.17) is 9.47 Å². The largest absolute Gasteiger partial charge is 0.444 e. The van der Waals surface area contributed by atoms with Crippen molar-refractivity contribution in [3.63, 3.8) is 0 Å². The van der Waals surface area contributed by atoms with Crippen LogP contribution in [0.1, 0.15) is 48.7 Å². The lowest BCUT2D eigenvalue weighted by Crippen LogP contribution is -2.38. The highest BCUT2D eigenvalue weighted by Gasteiger charge is 2.28. The lowest BCUT2D eigenvalue weighted by atomic mass is 9.98. The second-order valence-electron chi connectivity index (χ2n) is 9.31. The zero-order valence-electron chi connectivity index (χ0n) is 20.4. The van der Waals surface area contributed by atoms with Crippen LogP contribution in [0.3, 0.4) is 0 Å². The Morgan fingerprint density at radius 1 is 1.17 bits per heavy atom. The van der Waals surface area contributed by atoms with Gasteiger partial charge in [-0.1, -0.05) is 24.3 Å². The number of amides is 2. The first-order valence-electron chi connectivity index (χ1n) is 11.6. The fourth-order valence-electron chi connectivity index (χ4n) is 3.79. The molecule has 0 unspecified atom stereocenters. The SMILES string of the molecule is C=CCN(CCc1cc2c(cc1I)CCCN2C(=O)OC(=O)c1ccccc1)C(=O)OC(C)(C)C. The van der Waals surface area contributed by atoms with Gasteiger partial charge in [-0.25, -0.2) is 14.4 Å². The van der Waals surface area contributed by atoms with Crippen molar-refractivity contribution in [2.24, 2.45) is 0 Å². The summed E-state index contributed by atoms with van der Waals surface area (Å²) in [4.78, 5) is 41.1. The number of halogens is 1. The number of hydrogen-bond donors (Lipinski definition) is 0. The van der Waals surface area contributed by atoms with E-state index < -0.39 is 23.8 Å². The Bertz CT molecular complexity index is 1090. The minimum atomic E-state index is -0.686. The molecule has 0 fully saturated rings. The summed E-state index contributed by atoms with van der Waals surface area (Å²) in [5.41, 5.74) is 2.50. The summed E-state index contributed by atoms with van der Waals surface area (Å²) in [6, 6.07) is 12.5. The second-order valence-corrected chi connectivity index (χ2v) is 10.5. The smallest absolute Gasteiger partial charge is 0.422 e. The number of rotatable bonds is 6. The van der Waals surface area contributed by atoms with E-state index in [0.717, 1.165) is 33.2 Å². The van der Waals surface area contributed by atoms with Crippen LogP contribution in [-0.2, 0) is 22.3 Å². The molecule has 2 aromatic carbocycles. The lowest BCUT2D eigenvalue weighted by Gasteiger charge is -2.30. The average Bonchev–Trinajstić information content (AvgIpc) is 2.80. The number of nitrogens with zero attached hydrogens (tertiary/aromatic N) is 2. The Kier molecular flexibility index (Phi) is 8.93. The monoisotopic (exact) mass is 590 g/mol. The third-order valence-corrected chi connectivity index (χ3v) is 6.43. The highest BCUT2D eigenvalue weighted by molar-refractivity contribution is 14.1. The molecule has 0 bridgehead atoms. The van der Waals surface area contributed by atoms with Crippen molar-refractivity contribution < 1.29 is 23.9 Å². The molecule has 0 saturated heterocycles. The van der Waals surface area contributed by atoms with Crippen LogP contribution in [0.5, 0.6) is 0 Å². The molecule has 1 aliphatic rings. The van der Waals surface area contributed by atoms with Gasteiger partial charge < -0.3 is 14.4 Å². The van der Waals surface area contributed by atoms with Gasteiger partial charge in [0.05, 0.1) is 11.3 Å². The maximum atomic E-state index is 12.9. The van der Waals surface area contributed by atoms with Crippen molar-refractivity contribution in [2.75, 3.05) is 24.5 Å². The molecule has 0 aliphatic carbocycles. The Hall–Kier alpha value is -2.88. The summed E-state index contributed by atoms with van der Waals surface area (Å²) >= 11 is 2.28. The topological polar surface area (TPSA) is 76.2 Å². The normalized spacial score (nSPS) is 13.0. The Morgan fingerprint density at radius 2 is 1.89 bits per heavy atom. The van der Waals surface area contributed by atoms with Gasteiger partial charge in [0, 0.05) is 23.2 Å². The van der Waals surface area contributed by atoms with Gasteiger partial charge in [-0.2, -0.15) is 0 Å². The minimum Gasteiger partial charge on any atom is -0.444 e. The predicted octanol–water partition coefficient (Wildman–Crippen LogP) is 5.99. The van der Waals surface area contributed by atoms with Crippen molar-refractivity contribution in [2.45, 2.75) is 45.6 Å². The molecule has 0 saturated carbocycles. The van der Waals surface area contributed by atoms with Gasteiger partial charge in [-0.05, 0) is 98.0 Å². The fraction of sp³-hybridized carbons (Fsp3) is 0.370. The van der Waals surface area contributed by atoms with E-state index in [1.165, 1.54) is 4.90 Å². The van der Waals surface area contributed by atoms with Crippen LogP contribution in [0.15, 0.2) is 55.1 Å². The first-order valence-corrected chi connectivity index (χ1v) is 12.7. The summed E-state index contributed by atoms with van der Waals surface area (Å²) in [7, 11) is 0. The molecule has 2 aromatic rings. The van der Waals surface area contributed by atoms with Crippen molar-refractivity contribution in [3.05, 3.63) is 75.4 Å². The molecule has 0 N–H and O–H groups in total. The zero-order chi connectivity index (χ0) is 25.6. The number of benzene rings is 2.